The highest BCUT2D eigenvalue weighted by Crippen LogP contribution is 2.41. The lowest BCUT2D eigenvalue weighted by Crippen LogP contribution is -2.14. The minimum Gasteiger partial charge on any atom is -0.309 e. The molecule has 0 bridgehead atoms. The molecule has 4 heteroatoms. The Kier molecular flexibility index (Phi) is 5.89. The number of benzene rings is 9. The van der Waals surface area contributed by atoms with Crippen LogP contribution < -0.4 is 5.56 Å². The van der Waals surface area contributed by atoms with E-state index >= 15 is 0 Å². The summed E-state index contributed by atoms with van der Waals surface area (Å²) in [5.74, 6) is 0.665. The van der Waals surface area contributed by atoms with E-state index in [1.807, 2.05) is 48.5 Å². The molecule has 3 heterocycles. The lowest BCUT2D eigenvalue weighted by atomic mass is 9.94. The van der Waals surface area contributed by atoms with E-state index in [1.54, 1.807) is 4.40 Å². The number of pyridine rings is 1. The van der Waals surface area contributed by atoms with Gasteiger partial charge in [0.05, 0.1) is 22.1 Å². The predicted molar refractivity (Wildman–Crippen MR) is 225 cm³/mol. The SMILES string of the molecule is O=c1c2ccccc2c2cc(-c3ccc4c(c3)c3ccccc3n4-c3ccc4c5ccccc5c5ccccc5c4c3)cc3nc(-c4ccccc4)n1c32. The van der Waals surface area contributed by atoms with Crippen LogP contribution in [-0.2, 0) is 0 Å². The van der Waals surface area contributed by atoms with Crippen LogP contribution in [-0.4, -0.2) is 14.0 Å². The quantitative estimate of drug-likeness (QED) is 0.173. The van der Waals surface area contributed by atoms with Gasteiger partial charge in [-0.3, -0.25) is 9.20 Å². The molecule has 12 aromatic rings. The smallest absolute Gasteiger partial charge is 0.264 e. The van der Waals surface area contributed by atoms with Crippen molar-refractivity contribution in [2.45, 2.75) is 0 Å². The largest absolute Gasteiger partial charge is 0.309 e. The summed E-state index contributed by atoms with van der Waals surface area (Å²) in [6.45, 7) is 0. The van der Waals surface area contributed by atoms with Gasteiger partial charge in [0.2, 0.25) is 0 Å². The zero-order valence-electron chi connectivity index (χ0n) is 29.0. The van der Waals surface area contributed by atoms with Gasteiger partial charge in [-0.15, -0.1) is 0 Å². The third-order valence-corrected chi connectivity index (χ3v) is 11.4. The van der Waals surface area contributed by atoms with E-state index in [-0.39, 0.29) is 5.56 Å². The first-order valence-corrected chi connectivity index (χ1v) is 18.3. The van der Waals surface area contributed by atoms with E-state index in [2.05, 4.69) is 132 Å². The summed E-state index contributed by atoms with van der Waals surface area (Å²) in [7, 11) is 0. The average molecular weight is 688 g/mol. The van der Waals surface area contributed by atoms with Gasteiger partial charge in [0.15, 0.2) is 0 Å². The van der Waals surface area contributed by atoms with Crippen molar-refractivity contribution in [3.8, 4) is 28.2 Å². The van der Waals surface area contributed by atoms with E-state index in [1.165, 1.54) is 48.6 Å². The van der Waals surface area contributed by atoms with Gasteiger partial charge in [-0.05, 0) is 97.4 Å². The maximum atomic E-state index is 14.0. The van der Waals surface area contributed by atoms with Gasteiger partial charge < -0.3 is 4.57 Å². The molecule has 0 unspecified atom stereocenters. The highest BCUT2D eigenvalue weighted by molar-refractivity contribution is 6.25. The summed E-state index contributed by atoms with van der Waals surface area (Å²) in [6, 6.07) is 62.2. The maximum absolute atomic E-state index is 14.0. The monoisotopic (exact) mass is 687 g/mol. The van der Waals surface area contributed by atoms with Gasteiger partial charge in [0.25, 0.3) is 5.56 Å². The van der Waals surface area contributed by atoms with Crippen molar-refractivity contribution in [2.24, 2.45) is 0 Å². The number of hydrogen-bond donors (Lipinski definition) is 0. The van der Waals surface area contributed by atoms with E-state index in [9.17, 15) is 4.79 Å². The molecule has 3 aromatic heterocycles. The van der Waals surface area contributed by atoms with Gasteiger partial charge >= 0.3 is 0 Å². The third kappa shape index (κ3) is 3.97. The second-order valence-electron chi connectivity index (χ2n) is 14.3. The normalized spacial score (nSPS) is 12.1. The fourth-order valence-corrected chi connectivity index (χ4v) is 9.05. The van der Waals surface area contributed by atoms with Crippen LogP contribution in [0.2, 0.25) is 0 Å². The number of fused-ring (bicyclic) bond motifs is 11. The van der Waals surface area contributed by atoms with Crippen LogP contribution in [0.1, 0.15) is 0 Å². The first-order valence-electron chi connectivity index (χ1n) is 18.3. The molecule has 0 atom stereocenters. The Labute approximate surface area is 308 Å². The molecule has 0 aliphatic rings. The molecule has 0 amide bonds. The van der Waals surface area contributed by atoms with E-state index in [0.717, 1.165) is 49.7 Å². The molecule has 0 saturated heterocycles. The van der Waals surface area contributed by atoms with Crippen molar-refractivity contribution < 1.29 is 0 Å². The summed E-state index contributed by atoms with van der Waals surface area (Å²) in [6.07, 6.45) is 0. The zero-order valence-corrected chi connectivity index (χ0v) is 29.0. The van der Waals surface area contributed by atoms with Crippen LogP contribution in [0.3, 0.4) is 0 Å². The average Bonchev–Trinajstić information content (AvgIpc) is 3.79. The van der Waals surface area contributed by atoms with Crippen molar-refractivity contribution in [3.05, 3.63) is 186 Å². The third-order valence-electron chi connectivity index (χ3n) is 11.4. The minimum absolute atomic E-state index is 0.0451. The number of para-hydroxylation sites is 1. The molecule has 0 N–H and O–H groups in total. The fraction of sp³-hybridized carbons (Fsp3) is 0. The number of imidazole rings is 1. The number of aromatic nitrogens is 3. The molecule has 0 fully saturated rings. The Hall–Kier alpha value is -7.30. The van der Waals surface area contributed by atoms with Crippen molar-refractivity contribution in [3.63, 3.8) is 0 Å². The van der Waals surface area contributed by atoms with Crippen LogP contribution in [0, 0.1) is 0 Å². The van der Waals surface area contributed by atoms with E-state index < -0.39 is 0 Å². The zero-order chi connectivity index (χ0) is 35.5. The van der Waals surface area contributed by atoms with Crippen LogP contribution in [0.25, 0.3) is 110 Å². The number of nitrogens with zero attached hydrogens (tertiary/aromatic N) is 3. The summed E-state index contributed by atoms with van der Waals surface area (Å²) in [5.41, 5.74) is 8.15. The van der Waals surface area contributed by atoms with Gasteiger partial charge in [-0.25, -0.2) is 4.98 Å². The Bertz CT molecular complexity index is 3540. The molecule has 12 rings (SSSR count). The van der Waals surface area contributed by atoms with Crippen LogP contribution >= 0.6 is 0 Å². The van der Waals surface area contributed by atoms with Crippen LogP contribution in [0.5, 0.6) is 0 Å². The van der Waals surface area contributed by atoms with Gasteiger partial charge in [0.1, 0.15) is 5.82 Å². The molecular formula is C50H29N3O. The Morgan fingerprint density at radius 3 is 1.65 bits per heavy atom. The maximum Gasteiger partial charge on any atom is 0.264 e. The van der Waals surface area contributed by atoms with Gasteiger partial charge in [0, 0.05) is 32.8 Å². The first-order chi connectivity index (χ1) is 26.7. The molecule has 0 spiro atoms. The highest BCUT2D eigenvalue weighted by atomic mass is 16.1. The summed E-state index contributed by atoms with van der Waals surface area (Å²) >= 11 is 0. The molecule has 0 radical (unpaired) electrons. The second kappa shape index (κ2) is 10.9. The van der Waals surface area contributed by atoms with Gasteiger partial charge in [-0.2, -0.15) is 0 Å². The summed E-state index contributed by atoms with van der Waals surface area (Å²) < 4.78 is 4.21. The molecule has 0 aliphatic carbocycles. The van der Waals surface area contributed by atoms with Crippen LogP contribution in [0.4, 0.5) is 0 Å². The molecule has 0 aliphatic heterocycles. The lowest BCUT2D eigenvalue weighted by Gasteiger charge is -2.14. The summed E-state index contributed by atoms with van der Waals surface area (Å²) in [4.78, 5) is 19.1. The number of rotatable bonds is 3. The fourth-order valence-electron chi connectivity index (χ4n) is 9.05. The predicted octanol–water partition coefficient (Wildman–Crippen LogP) is 12.3. The van der Waals surface area contributed by atoms with Crippen molar-refractivity contribution in [1.82, 2.24) is 14.0 Å². The molecule has 4 nitrogen and oxygen atoms in total. The van der Waals surface area contributed by atoms with Crippen molar-refractivity contribution in [2.75, 3.05) is 0 Å². The molecule has 54 heavy (non-hydrogen) atoms. The van der Waals surface area contributed by atoms with Crippen LogP contribution in [0.15, 0.2) is 181 Å². The molecule has 9 aromatic carbocycles. The highest BCUT2D eigenvalue weighted by Gasteiger charge is 2.21. The first kappa shape index (κ1) is 29.3. The Balaban J connectivity index is 1.10. The Morgan fingerprint density at radius 1 is 0.370 bits per heavy atom. The van der Waals surface area contributed by atoms with Crippen molar-refractivity contribution >= 4 is 81.3 Å². The second-order valence-corrected chi connectivity index (χ2v) is 14.3. The molecule has 0 saturated carbocycles. The summed E-state index contributed by atoms with van der Waals surface area (Å²) in [5, 5.41) is 12.6. The van der Waals surface area contributed by atoms with Crippen molar-refractivity contribution in [1.29, 1.82) is 0 Å². The topological polar surface area (TPSA) is 39.3 Å². The molecular weight excluding hydrogens is 659 g/mol. The Morgan fingerprint density at radius 2 is 0.926 bits per heavy atom. The molecule has 250 valence electrons. The van der Waals surface area contributed by atoms with E-state index in [4.69, 9.17) is 4.98 Å². The lowest BCUT2D eigenvalue weighted by molar-refractivity contribution is 1.13. The van der Waals surface area contributed by atoms with E-state index in [0.29, 0.717) is 11.2 Å². The van der Waals surface area contributed by atoms with Gasteiger partial charge in [-0.1, -0.05) is 127 Å². The minimum atomic E-state index is -0.0451. The number of hydrogen-bond acceptors (Lipinski definition) is 2. The standard InChI is InChI=1S/C50H29N3O/c54-50-41-20-9-8-18-38(41)44-27-32(28-45-48(44)53(50)49(51-45)30-12-2-1-3-13-30)31-22-25-47-43(26-31)40-19-10-11-21-46(40)52(47)33-23-24-39-36-16-5-4-14-34(36)35-15-6-7-17-37(35)42(39)29-33/h1-29H.